The molecule has 8 heteroatoms. The van der Waals surface area contributed by atoms with Gasteiger partial charge in [0.05, 0.1) is 43.6 Å². The third-order valence-corrected chi connectivity index (χ3v) is 10.7. The number of halogens is 1. The Morgan fingerprint density at radius 3 is 2.68 bits per heavy atom. The first kappa shape index (κ1) is 31.0. The molecular formula is C36H44ClNO6. The Kier molecular flexibility index (Phi) is 9.25. The monoisotopic (exact) mass is 621 g/mol. The van der Waals surface area contributed by atoms with Crippen LogP contribution in [0.15, 0.2) is 48.0 Å². The van der Waals surface area contributed by atoms with E-state index in [-0.39, 0.29) is 29.4 Å². The molecule has 2 aromatic rings. The van der Waals surface area contributed by atoms with Crippen molar-refractivity contribution in [2.45, 2.75) is 69.8 Å². The van der Waals surface area contributed by atoms with Crippen LogP contribution in [0, 0.1) is 17.8 Å². The summed E-state index contributed by atoms with van der Waals surface area (Å²) in [5.41, 5.74) is 5.22. The summed E-state index contributed by atoms with van der Waals surface area (Å²) < 4.78 is 23.1. The SMILES string of the molecule is CCOC(=O)[C@H]1CC=C([C@H](OC)[C@@H]2CC[C@H]2CN2CC3(CCCc4cc(Cl)ccc43)COc3ccc(C(=O)OC)cc32)CC1. The van der Waals surface area contributed by atoms with Gasteiger partial charge in [-0.05, 0) is 117 Å². The van der Waals surface area contributed by atoms with Gasteiger partial charge in [-0.3, -0.25) is 4.79 Å². The molecule has 44 heavy (non-hydrogen) atoms. The second kappa shape index (κ2) is 13.1. The maximum absolute atomic E-state index is 12.6. The number of anilines is 1. The Balaban J connectivity index is 1.28. The number of ether oxygens (including phenoxy) is 4. The van der Waals surface area contributed by atoms with Crippen molar-refractivity contribution in [3.63, 3.8) is 0 Å². The lowest BCUT2D eigenvalue weighted by atomic mass is 9.66. The van der Waals surface area contributed by atoms with Gasteiger partial charge in [0.1, 0.15) is 5.75 Å². The molecular weight excluding hydrogens is 578 g/mol. The minimum atomic E-state index is -0.351. The van der Waals surface area contributed by atoms with Gasteiger partial charge in [-0.2, -0.15) is 0 Å². The predicted molar refractivity (Wildman–Crippen MR) is 171 cm³/mol. The van der Waals surface area contributed by atoms with Crippen LogP contribution in [0.2, 0.25) is 5.02 Å². The van der Waals surface area contributed by atoms with E-state index in [0.717, 1.165) is 74.5 Å². The summed E-state index contributed by atoms with van der Waals surface area (Å²) in [7, 11) is 3.23. The molecule has 0 aromatic heterocycles. The van der Waals surface area contributed by atoms with Crippen LogP contribution in [-0.2, 0) is 30.8 Å². The van der Waals surface area contributed by atoms with Crippen LogP contribution in [0.1, 0.15) is 73.4 Å². The van der Waals surface area contributed by atoms with E-state index in [2.05, 4.69) is 23.1 Å². The van der Waals surface area contributed by atoms with Gasteiger partial charge in [-0.25, -0.2) is 4.79 Å². The quantitative estimate of drug-likeness (QED) is 0.234. The van der Waals surface area contributed by atoms with Gasteiger partial charge in [-0.15, -0.1) is 0 Å². The number of aryl methyl sites for hydroxylation is 1. The van der Waals surface area contributed by atoms with E-state index in [4.69, 9.17) is 30.5 Å². The summed E-state index contributed by atoms with van der Waals surface area (Å²) in [4.78, 5) is 27.4. The zero-order valence-corrected chi connectivity index (χ0v) is 26.9. The fourth-order valence-electron chi connectivity index (χ4n) is 8.05. The number of allylic oxidation sites excluding steroid dienone is 1. The molecule has 5 atom stereocenters. The lowest BCUT2D eigenvalue weighted by molar-refractivity contribution is -0.148. The van der Waals surface area contributed by atoms with Crippen molar-refractivity contribution in [3.05, 3.63) is 69.8 Å². The fourth-order valence-corrected chi connectivity index (χ4v) is 8.24. The van der Waals surface area contributed by atoms with Crippen LogP contribution >= 0.6 is 11.6 Å². The zero-order chi connectivity index (χ0) is 30.8. The van der Waals surface area contributed by atoms with Gasteiger partial charge in [0.15, 0.2) is 0 Å². The first-order valence-corrected chi connectivity index (χ1v) is 16.5. The molecule has 1 fully saturated rings. The van der Waals surface area contributed by atoms with Crippen LogP contribution in [0.3, 0.4) is 0 Å². The first-order chi connectivity index (χ1) is 21.4. The molecule has 2 aromatic carbocycles. The largest absolute Gasteiger partial charge is 0.490 e. The average molecular weight is 622 g/mol. The Morgan fingerprint density at radius 2 is 1.98 bits per heavy atom. The summed E-state index contributed by atoms with van der Waals surface area (Å²) in [5, 5.41) is 0.770. The molecule has 0 saturated heterocycles. The molecule has 3 aliphatic carbocycles. The number of esters is 2. The van der Waals surface area contributed by atoms with E-state index in [0.29, 0.717) is 37.0 Å². The van der Waals surface area contributed by atoms with Crippen LogP contribution in [0.5, 0.6) is 5.75 Å². The predicted octanol–water partition coefficient (Wildman–Crippen LogP) is 6.93. The number of hydrogen-bond donors (Lipinski definition) is 0. The molecule has 236 valence electrons. The number of carbonyl (C=O) groups is 2. The smallest absolute Gasteiger partial charge is 0.337 e. The summed E-state index contributed by atoms with van der Waals surface area (Å²) in [5.74, 6) is 1.10. The van der Waals surface area contributed by atoms with Gasteiger partial charge in [0, 0.05) is 30.6 Å². The minimum absolute atomic E-state index is 0.0347. The highest BCUT2D eigenvalue weighted by atomic mass is 35.5. The normalized spacial score (nSPS) is 26.7. The van der Waals surface area contributed by atoms with E-state index in [1.165, 1.54) is 23.8 Å². The highest BCUT2D eigenvalue weighted by Gasteiger charge is 2.45. The highest BCUT2D eigenvalue weighted by molar-refractivity contribution is 6.30. The maximum atomic E-state index is 12.6. The standard InChI is InChI=1S/C36H44ClNO6/c1-4-43-35(40)24-9-7-23(8-10-24)33(41-2)29-14-11-27(29)20-38-21-36(17-5-6-25-18-28(37)13-15-30(25)36)22-44-32-16-12-26(19-31(32)38)34(39)42-3/h7,12-13,15-16,18-19,24,27,29,33H,4-6,8-11,14,17,20-22H2,1-3H3/t24-,27-,29+,33-,36?/m0/s1. The fraction of sp³-hybridized carbons (Fsp3) is 0.556. The van der Waals surface area contributed by atoms with Crippen molar-refractivity contribution in [1.29, 1.82) is 0 Å². The summed E-state index contributed by atoms with van der Waals surface area (Å²) in [6, 6.07) is 12.0. The number of methoxy groups -OCH3 is 2. The molecule has 1 aliphatic heterocycles. The van der Waals surface area contributed by atoms with Crippen LogP contribution in [0.4, 0.5) is 5.69 Å². The van der Waals surface area contributed by atoms with Crippen molar-refractivity contribution >= 4 is 29.2 Å². The van der Waals surface area contributed by atoms with E-state index >= 15 is 0 Å². The van der Waals surface area contributed by atoms with Crippen LogP contribution in [-0.4, -0.2) is 58.6 Å². The molecule has 1 spiro atoms. The molecule has 4 aliphatic rings. The topological polar surface area (TPSA) is 74.3 Å². The number of nitrogens with zero attached hydrogens (tertiary/aromatic N) is 1. The first-order valence-electron chi connectivity index (χ1n) is 16.1. The Hall–Kier alpha value is -3.03. The zero-order valence-electron chi connectivity index (χ0n) is 26.1. The summed E-state index contributed by atoms with van der Waals surface area (Å²) >= 11 is 6.43. The Labute approximate surface area is 265 Å². The van der Waals surface area contributed by atoms with Crippen LogP contribution in [0.25, 0.3) is 0 Å². The molecule has 0 radical (unpaired) electrons. The number of hydrogen-bond acceptors (Lipinski definition) is 7. The number of rotatable bonds is 8. The van der Waals surface area contributed by atoms with E-state index < -0.39 is 0 Å². The number of benzene rings is 2. The number of fused-ring (bicyclic) bond motifs is 3. The maximum Gasteiger partial charge on any atom is 0.337 e. The van der Waals surface area contributed by atoms with Crippen LogP contribution < -0.4 is 9.64 Å². The molecule has 1 unspecified atom stereocenters. The lowest BCUT2D eigenvalue weighted by Crippen LogP contribution is -2.50. The van der Waals surface area contributed by atoms with Gasteiger partial charge in [0.2, 0.25) is 0 Å². The van der Waals surface area contributed by atoms with E-state index in [1.54, 1.807) is 6.07 Å². The van der Waals surface area contributed by atoms with Gasteiger partial charge in [-0.1, -0.05) is 23.7 Å². The van der Waals surface area contributed by atoms with Gasteiger partial charge < -0.3 is 23.8 Å². The average Bonchev–Trinajstić information content (AvgIpc) is 3.18. The molecule has 1 heterocycles. The third-order valence-electron chi connectivity index (χ3n) is 10.5. The molecule has 1 saturated carbocycles. The highest BCUT2D eigenvalue weighted by Crippen LogP contribution is 2.48. The number of carbonyl (C=O) groups excluding carboxylic acids is 2. The van der Waals surface area contributed by atoms with Gasteiger partial charge >= 0.3 is 11.9 Å². The molecule has 0 bridgehead atoms. The Morgan fingerprint density at radius 1 is 1.11 bits per heavy atom. The van der Waals surface area contributed by atoms with Crippen molar-refractivity contribution in [2.24, 2.45) is 17.8 Å². The lowest BCUT2D eigenvalue weighted by Gasteiger charge is -2.47. The summed E-state index contributed by atoms with van der Waals surface area (Å²) in [6.45, 7) is 4.49. The summed E-state index contributed by atoms with van der Waals surface area (Å²) in [6.07, 6.45) is 9.98. The Bertz CT molecular complexity index is 1420. The van der Waals surface area contributed by atoms with E-state index in [9.17, 15) is 9.59 Å². The third kappa shape index (κ3) is 5.97. The van der Waals surface area contributed by atoms with Crippen molar-refractivity contribution in [3.8, 4) is 5.75 Å². The molecule has 0 N–H and O–H groups in total. The molecule has 7 nitrogen and oxygen atoms in total. The molecule has 0 amide bonds. The molecule has 6 rings (SSSR count). The van der Waals surface area contributed by atoms with E-state index in [1.807, 2.05) is 32.2 Å². The van der Waals surface area contributed by atoms with Gasteiger partial charge in [0.25, 0.3) is 0 Å². The van der Waals surface area contributed by atoms with Crippen molar-refractivity contribution in [1.82, 2.24) is 0 Å². The second-order valence-electron chi connectivity index (χ2n) is 12.9. The van der Waals surface area contributed by atoms with Crippen molar-refractivity contribution < 1.29 is 28.5 Å². The minimum Gasteiger partial charge on any atom is -0.490 e. The second-order valence-corrected chi connectivity index (χ2v) is 13.4. The van der Waals surface area contributed by atoms with Crippen molar-refractivity contribution in [2.75, 3.05) is 45.4 Å².